The van der Waals surface area contributed by atoms with E-state index in [1.165, 1.54) is 12.4 Å². The molecule has 37 heavy (non-hydrogen) atoms. The van der Waals surface area contributed by atoms with Crippen LogP contribution in [0.2, 0.25) is 0 Å². The number of H-pyrrole nitrogens is 1. The van der Waals surface area contributed by atoms with Gasteiger partial charge in [-0.05, 0) is 43.9 Å². The third-order valence-corrected chi connectivity index (χ3v) is 6.93. The van der Waals surface area contributed by atoms with Gasteiger partial charge in [-0.25, -0.2) is 18.9 Å². The SMILES string of the molecule is Cc1ccc(-c2cc(C(C)(C)C)c3nc(C(=O)N4CCN(c5cnc[nH]5)C(=O)C4(C)C)cn3n2)cc1F. The van der Waals surface area contributed by atoms with Crippen molar-refractivity contribution in [3.05, 3.63) is 65.6 Å². The Morgan fingerprint density at radius 3 is 2.57 bits per heavy atom. The Bertz CT molecular complexity index is 1520. The van der Waals surface area contributed by atoms with E-state index in [0.29, 0.717) is 41.4 Å². The zero-order chi connectivity index (χ0) is 26.7. The van der Waals surface area contributed by atoms with Crippen LogP contribution in [0.4, 0.5) is 10.2 Å². The fraction of sp³-hybridized carbons (Fsp3) is 0.370. The molecule has 3 aromatic heterocycles. The molecule has 5 rings (SSSR count). The number of halogens is 1. The van der Waals surface area contributed by atoms with E-state index in [4.69, 9.17) is 0 Å². The number of anilines is 1. The molecule has 1 N–H and O–H groups in total. The predicted octanol–water partition coefficient (Wildman–Crippen LogP) is 4.13. The molecular formula is C27H30FN7O2. The van der Waals surface area contributed by atoms with E-state index in [2.05, 4.69) is 40.8 Å². The second-order valence-electron chi connectivity index (χ2n) is 11.0. The summed E-state index contributed by atoms with van der Waals surface area (Å²) in [6.07, 6.45) is 4.69. The molecule has 192 valence electrons. The van der Waals surface area contributed by atoms with Crippen molar-refractivity contribution in [3.8, 4) is 11.3 Å². The Balaban J connectivity index is 1.55. The Morgan fingerprint density at radius 2 is 1.92 bits per heavy atom. The first kappa shape index (κ1) is 24.6. The fourth-order valence-electron chi connectivity index (χ4n) is 4.67. The summed E-state index contributed by atoms with van der Waals surface area (Å²) >= 11 is 0. The molecule has 4 heterocycles. The molecule has 1 aliphatic heterocycles. The van der Waals surface area contributed by atoms with Crippen molar-refractivity contribution >= 4 is 23.3 Å². The number of imidazole rings is 2. The van der Waals surface area contributed by atoms with E-state index >= 15 is 0 Å². The maximum atomic E-state index is 14.3. The summed E-state index contributed by atoms with van der Waals surface area (Å²) in [6.45, 7) is 12.0. The van der Waals surface area contributed by atoms with Crippen LogP contribution in [0.5, 0.6) is 0 Å². The number of carbonyl (C=O) groups excluding carboxylic acids is 2. The van der Waals surface area contributed by atoms with E-state index < -0.39 is 5.54 Å². The molecule has 10 heteroatoms. The molecule has 0 aliphatic carbocycles. The third-order valence-electron chi connectivity index (χ3n) is 6.93. The van der Waals surface area contributed by atoms with Crippen molar-refractivity contribution in [2.45, 2.75) is 52.5 Å². The molecule has 2 amide bonds. The number of fused-ring (bicyclic) bond motifs is 1. The molecule has 1 fully saturated rings. The van der Waals surface area contributed by atoms with Gasteiger partial charge in [-0.3, -0.25) is 14.5 Å². The highest BCUT2D eigenvalue weighted by molar-refractivity contribution is 6.05. The molecule has 0 radical (unpaired) electrons. The summed E-state index contributed by atoms with van der Waals surface area (Å²) in [5.74, 6) is -0.274. The van der Waals surface area contributed by atoms with Gasteiger partial charge in [-0.2, -0.15) is 5.10 Å². The van der Waals surface area contributed by atoms with Gasteiger partial charge in [0.25, 0.3) is 11.8 Å². The van der Waals surface area contributed by atoms with Crippen molar-refractivity contribution in [1.82, 2.24) is 29.5 Å². The molecule has 1 aromatic carbocycles. The summed E-state index contributed by atoms with van der Waals surface area (Å²) < 4.78 is 15.9. The van der Waals surface area contributed by atoms with Crippen molar-refractivity contribution in [1.29, 1.82) is 0 Å². The molecule has 0 spiro atoms. The van der Waals surface area contributed by atoms with Gasteiger partial charge in [-0.15, -0.1) is 0 Å². The fourth-order valence-corrected chi connectivity index (χ4v) is 4.67. The van der Waals surface area contributed by atoms with Crippen molar-refractivity contribution in [2.75, 3.05) is 18.0 Å². The average Bonchev–Trinajstić information content (AvgIpc) is 3.51. The first-order chi connectivity index (χ1) is 17.4. The van der Waals surface area contributed by atoms with Crippen molar-refractivity contribution in [3.63, 3.8) is 0 Å². The number of rotatable bonds is 3. The van der Waals surface area contributed by atoms with Gasteiger partial charge in [-0.1, -0.05) is 32.9 Å². The summed E-state index contributed by atoms with van der Waals surface area (Å²) in [5, 5.41) is 4.67. The third kappa shape index (κ3) is 4.16. The Kier molecular flexibility index (Phi) is 5.65. The number of nitrogens with zero attached hydrogens (tertiary/aromatic N) is 6. The predicted molar refractivity (Wildman–Crippen MR) is 138 cm³/mol. The highest BCUT2D eigenvalue weighted by Crippen LogP contribution is 2.32. The molecule has 0 unspecified atom stereocenters. The first-order valence-corrected chi connectivity index (χ1v) is 12.2. The maximum absolute atomic E-state index is 14.3. The largest absolute Gasteiger partial charge is 0.331 e. The van der Waals surface area contributed by atoms with Crippen LogP contribution in [-0.4, -0.2) is 59.9 Å². The Morgan fingerprint density at radius 1 is 1.16 bits per heavy atom. The van der Waals surface area contributed by atoms with Crippen LogP contribution >= 0.6 is 0 Å². The lowest BCUT2D eigenvalue weighted by Crippen LogP contribution is -2.65. The summed E-state index contributed by atoms with van der Waals surface area (Å²) in [4.78, 5) is 41.8. The minimum atomic E-state index is -1.10. The van der Waals surface area contributed by atoms with E-state index in [-0.39, 0.29) is 28.7 Å². The second-order valence-corrected chi connectivity index (χ2v) is 11.0. The number of hydrogen-bond donors (Lipinski definition) is 1. The van der Waals surface area contributed by atoms with Gasteiger partial charge in [0.2, 0.25) is 0 Å². The van der Waals surface area contributed by atoms with Crippen LogP contribution in [0.15, 0.2) is 43.0 Å². The number of piperazine rings is 1. The lowest BCUT2D eigenvalue weighted by Gasteiger charge is -2.45. The lowest BCUT2D eigenvalue weighted by atomic mass is 9.87. The van der Waals surface area contributed by atoms with Gasteiger partial charge in [0.15, 0.2) is 5.65 Å². The zero-order valence-corrected chi connectivity index (χ0v) is 21.8. The number of aryl methyl sites for hydroxylation is 1. The minimum absolute atomic E-state index is 0.195. The number of carbonyl (C=O) groups is 2. The van der Waals surface area contributed by atoms with Gasteiger partial charge in [0, 0.05) is 24.2 Å². The molecule has 4 aromatic rings. The second kappa shape index (κ2) is 8.50. The van der Waals surface area contributed by atoms with Gasteiger partial charge < -0.3 is 9.88 Å². The normalized spacial score (nSPS) is 16.0. The highest BCUT2D eigenvalue weighted by Gasteiger charge is 2.45. The quantitative estimate of drug-likeness (QED) is 0.453. The van der Waals surface area contributed by atoms with Crippen molar-refractivity contribution < 1.29 is 14.0 Å². The number of aromatic amines is 1. The van der Waals surface area contributed by atoms with Crippen LogP contribution in [0.3, 0.4) is 0 Å². The lowest BCUT2D eigenvalue weighted by molar-refractivity contribution is -0.129. The number of hydrogen-bond acceptors (Lipinski definition) is 5. The smallest absolute Gasteiger partial charge is 0.275 e. The van der Waals surface area contributed by atoms with Crippen LogP contribution in [0, 0.1) is 12.7 Å². The van der Waals surface area contributed by atoms with Gasteiger partial charge in [0.05, 0.1) is 24.4 Å². The van der Waals surface area contributed by atoms with E-state index in [1.807, 2.05) is 12.1 Å². The van der Waals surface area contributed by atoms with Crippen LogP contribution in [0.1, 0.15) is 56.2 Å². The van der Waals surface area contributed by atoms with E-state index in [0.717, 1.165) is 5.56 Å². The molecule has 0 atom stereocenters. The standard InChI is InChI=1S/C27H30FN7O2/c1-16-7-8-17(11-19(16)28)20-12-18(26(2,3)4)23-31-21(14-35(23)32-20)24(36)34-10-9-33(22-13-29-15-30-22)25(37)27(34,5)6/h7-8,11-15H,9-10H2,1-6H3,(H,29,30). The zero-order valence-electron chi connectivity index (χ0n) is 21.8. The summed E-state index contributed by atoms with van der Waals surface area (Å²) in [5.41, 5.74) is 1.97. The molecule has 1 saturated heterocycles. The number of benzene rings is 1. The Labute approximate surface area is 214 Å². The van der Waals surface area contributed by atoms with Crippen LogP contribution in [-0.2, 0) is 10.2 Å². The van der Waals surface area contributed by atoms with Crippen molar-refractivity contribution in [2.24, 2.45) is 0 Å². The molecule has 0 bridgehead atoms. The molecular weight excluding hydrogens is 473 g/mol. The molecule has 9 nitrogen and oxygen atoms in total. The summed E-state index contributed by atoms with van der Waals surface area (Å²) in [6, 6.07) is 6.91. The number of aromatic nitrogens is 5. The molecule has 0 saturated carbocycles. The number of amides is 2. The van der Waals surface area contributed by atoms with Gasteiger partial charge in [0.1, 0.15) is 22.9 Å². The summed E-state index contributed by atoms with van der Waals surface area (Å²) in [7, 11) is 0. The monoisotopic (exact) mass is 503 g/mol. The van der Waals surface area contributed by atoms with Gasteiger partial charge >= 0.3 is 0 Å². The van der Waals surface area contributed by atoms with E-state index in [9.17, 15) is 14.0 Å². The first-order valence-electron chi connectivity index (χ1n) is 12.2. The van der Waals surface area contributed by atoms with Crippen LogP contribution < -0.4 is 4.90 Å². The number of nitrogens with one attached hydrogen (secondary N) is 1. The average molecular weight is 504 g/mol. The Hall–Kier alpha value is -4.08. The van der Waals surface area contributed by atoms with E-state index in [1.54, 1.807) is 53.5 Å². The van der Waals surface area contributed by atoms with Crippen LogP contribution in [0.25, 0.3) is 16.9 Å². The maximum Gasteiger partial charge on any atom is 0.275 e. The minimum Gasteiger partial charge on any atom is -0.331 e. The highest BCUT2D eigenvalue weighted by atomic mass is 19.1. The molecule has 1 aliphatic rings. The topological polar surface area (TPSA) is 99.5 Å².